The van der Waals surface area contributed by atoms with Gasteiger partial charge >= 0.3 is 0 Å². The van der Waals surface area contributed by atoms with Gasteiger partial charge in [0.05, 0.1) is 16.4 Å². The third-order valence-electron chi connectivity index (χ3n) is 1.96. The van der Waals surface area contributed by atoms with Gasteiger partial charge in [-0.05, 0) is 24.3 Å². The maximum atomic E-state index is 6.01. The zero-order chi connectivity index (χ0) is 10.7. The van der Waals surface area contributed by atoms with Gasteiger partial charge in [0, 0.05) is 6.20 Å². The van der Waals surface area contributed by atoms with Gasteiger partial charge in [-0.25, -0.2) is 4.98 Å². The second-order valence-electron chi connectivity index (χ2n) is 3.04. The number of hydrogen-bond donors (Lipinski definition) is 2. The van der Waals surface area contributed by atoms with E-state index in [9.17, 15) is 0 Å². The highest BCUT2D eigenvalue weighted by Crippen LogP contribution is 2.29. The Bertz CT molecular complexity index is 436. The molecule has 0 amide bonds. The minimum atomic E-state index is 0.584. The van der Waals surface area contributed by atoms with Gasteiger partial charge in [-0.2, -0.15) is 0 Å². The third-order valence-corrected chi connectivity index (χ3v) is 2.28. The van der Waals surface area contributed by atoms with Gasteiger partial charge in [0.25, 0.3) is 0 Å². The summed E-state index contributed by atoms with van der Waals surface area (Å²) in [6.07, 6.45) is 1.70. The lowest BCUT2D eigenvalue weighted by molar-refractivity contribution is 1.31. The SMILES string of the molecule is Nc1cccc(Cl)c1Nc1ccccn1. The second kappa shape index (κ2) is 4.19. The molecule has 3 N–H and O–H groups in total. The first-order chi connectivity index (χ1) is 7.27. The van der Waals surface area contributed by atoms with E-state index in [1.807, 2.05) is 18.2 Å². The van der Waals surface area contributed by atoms with E-state index in [-0.39, 0.29) is 0 Å². The highest BCUT2D eigenvalue weighted by molar-refractivity contribution is 6.34. The first-order valence-electron chi connectivity index (χ1n) is 4.49. The molecule has 0 aliphatic carbocycles. The van der Waals surface area contributed by atoms with Gasteiger partial charge in [-0.1, -0.05) is 23.7 Å². The highest BCUT2D eigenvalue weighted by atomic mass is 35.5. The summed E-state index contributed by atoms with van der Waals surface area (Å²) < 4.78 is 0. The van der Waals surface area contributed by atoms with Crippen LogP contribution in [0.2, 0.25) is 5.02 Å². The smallest absolute Gasteiger partial charge is 0.130 e. The predicted octanol–water partition coefficient (Wildman–Crippen LogP) is 3.06. The summed E-state index contributed by atoms with van der Waals surface area (Å²) in [7, 11) is 0. The average Bonchev–Trinajstić information content (AvgIpc) is 2.25. The number of halogens is 1. The van der Waals surface area contributed by atoms with Crippen LogP contribution >= 0.6 is 11.6 Å². The van der Waals surface area contributed by atoms with E-state index in [0.29, 0.717) is 16.4 Å². The van der Waals surface area contributed by atoms with Crippen molar-refractivity contribution in [2.75, 3.05) is 11.1 Å². The van der Waals surface area contributed by atoms with E-state index in [1.165, 1.54) is 0 Å². The third kappa shape index (κ3) is 2.19. The zero-order valence-electron chi connectivity index (χ0n) is 7.94. The maximum absolute atomic E-state index is 6.01. The molecule has 1 aromatic heterocycles. The van der Waals surface area contributed by atoms with Crippen LogP contribution in [-0.2, 0) is 0 Å². The molecule has 0 unspecified atom stereocenters. The average molecular weight is 220 g/mol. The number of nitrogens with one attached hydrogen (secondary N) is 1. The fourth-order valence-corrected chi connectivity index (χ4v) is 1.47. The van der Waals surface area contributed by atoms with E-state index in [0.717, 1.165) is 5.82 Å². The standard InChI is InChI=1S/C11H10ClN3/c12-8-4-3-5-9(13)11(8)15-10-6-1-2-7-14-10/h1-7H,13H2,(H,14,15). The van der Waals surface area contributed by atoms with Crippen molar-refractivity contribution in [2.45, 2.75) is 0 Å². The predicted molar refractivity (Wildman–Crippen MR) is 63.4 cm³/mol. The number of nitrogens with zero attached hydrogens (tertiary/aromatic N) is 1. The summed E-state index contributed by atoms with van der Waals surface area (Å²) in [5, 5.41) is 3.66. The van der Waals surface area contributed by atoms with E-state index in [2.05, 4.69) is 10.3 Å². The summed E-state index contributed by atoms with van der Waals surface area (Å²) in [5.74, 6) is 0.720. The molecular formula is C11H10ClN3. The molecule has 0 radical (unpaired) electrons. The van der Waals surface area contributed by atoms with E-state index in [4.69, 9.17) is 17.3 Å². The minimum absolute atomic E-state index is 0.584. The first-order valence-corrected chi connectivity index (χ1v) is 4.87. The molecule has 2 rings (SSSR count). The van der Waals surface area contributed by atoms with Gasteiger partial charge in [0.15, 0.2) is 0 Å². The van der Waals surface area contributed by atoms with Crippen LogP contribution in [0, 0.1) is 0 Å². The molecule has 0 saturated heterocycles. The van der Waals surface area contributed by atoms with Crippen molar-refractivity contribution in [2.24, 2.45) is 0 Å². The Hall–Kier alpha value is -1.74. The molecule has 0 saturated carbocycles. The van der Waals surface area contributed by atoms with Crippen LogP contribution in [-0.4, -0.2) is 4.98 Å². The molecule has 2 aromatic rings. The van der Waals surface area contributed by atoms with Crippen molar-refractivity contribution in [3.8, 4) is 0 Å². The highest BCUT2D eigenvalue weighted by Gasteiger charge is 2.04. The summed E-state index contributed by atoms with van der Waals surface area (Å²) >= 11 is 6.01. The monoisotopic (exact) mass is 219 g/mol. The molecule has 0 fully saturated rings. The Morgan fingerprint density at radius 2 is 2.00 bits per heavy atom. The van der Waals surface area contributed by atoms with E-state index in [1.54, 1.807) is 24.4 Å². The van der Waals surface area contributed by atoms with Crippen molar-refractivity contribution in [3.63, 3.8) is 0 Å². The molecule has 76 valence electrons. The van der Waals surface area contributed by atoms with Gasteiger partial charge in [-0.15, -0.1) is 0 Å². The fourth-order valence-electron chi connectivity index (χ4n) is 1.24. The van der Waals surface area contributed by atoms with Crippen molar-refractivity contribution in [1.82, 2.24) is 4.98 Å². The van der Waals surface area contributed by atoms with Crippen molar-refractivity contribution < 1.29 is 0 Å². The van der Waals surface area contributed by atoms with Gasteiger partial charge < -0.3 is 11.1 Å². The van der Waals surface area contributed by atoms with Crippen molar-refractivity contribution in [3.05, 3.63) is 47.6 Å². The Balaban J connectivity index is 2.32. The Labute approximate surface area is 92.9 Å². The van der Waals surface area contributed by atoms with Gasteiger partial charge in [0.1, 0.15) is 5.82 Å². The molecule has 0 atom stereocenters. The molecule has 0 bridgehead atoms. The lowest BCUT2D eigenvalue weighted by atomic mass is 10.2. The Kier molecular flexibility index (Phi) is 2.74. The minimum Gasteiger partial charge on any atom is -0.397 e. The molecule has 1 heterocycles. The van der Waals surface area contributed by atoms with E-state index >= 15 is 0 Å². The van der Waals surface area contributed by atoms with Gasteiger partial charge in [-0.3, -0.25) is 0 Å². The summed E-state index contributed by atoms with van der Waals surface area (Å²) in [6.45, 7) is 0. The lowest BCUT2D eigenvalue weighted by Gasteiger charge is -2.09. The number of pyridine rings is 1. The summed E-state index contributed by atoms with van der Waals surface area (Å²) in [5.41, 5.74) is 7.09. The molecule has 0 aliphatic heterocycles. The molecular weight excluding hydrogens is 210 g/mol. The Morgan fingerprint density at radius 3 is 2.67 bits per heavy atom. The van der Waals surface area contributed by atoms with Crippen LogP contribution in [0.15, 0.2) is 42.6 Å². The van der Waals surface area contributed by atoms with Crippen LogP contribution in [0.4, 0.5) is 17.2 Å². The van der Waals surface area contributed by atoms with Gasteiger partial charge in [0.2, 0.25) is 0 Å². The fraction of sp³-hybridized carbons (Fsp3) is 0. The van der Waals surface area contributed by atoms with Crippen LogP contribution in [0.3, 0.4) is 0 Å². The lowest BCUT2D eigenvalue weighted by Crippen LogP contribution is -1.98. The van der Waals surface area contributed by atoms with Crippen LogP contribution in [0.1, 0.15) is 0 Å². The molecule has 15 heavy (non-hydrogen) atoms. The molecule has 0 aliphatic rings. The van der Waals surface area contributed by atoms with Crippen molar-refractivity contribution in [1.29, 1.82) is 0 Å². The zero-order valence-corrected chi connectivity index (χ0v) is 8.70. The number of para-hydroxylation sites is 1. The van der Waals surface area contributed by atoms with E-state index < -0.39 is 0 Å². The van der Waals surface area contributed by atoms with Crippen molar-refractivity contribution >= 4 is 28.8 Å². The first kappa shape index (κ1) is 9.80. The number of aromatic nitrogens is 1. The number of anilines is 3. The number of rotatable bonds is 2. The number of nitrogens with two attached hydrogens (primary N) is 1. The number of nitrogen functional groups attached to an aromatic ring is 1. The molecule has 4 heteroatoms. The second-order valence-corrected chi connectivity index (χ2v) is 3.45. The molecule has 0 spiro atoms. The summed E-state index contributed by atoms with van der Waals surface area (Å²) in [4.78, 5) is 4.13. The molecule has 1 aromatic carbocycles. The topological polar surface area (TPSA) is 50.9 Å². The van der Waals surface area contributed by atoms with Crippen LogP contribution in [0.5, 0.6) is 0 Å². The molecule has 3 nitrogen and oxygen atoms in total. The van der Waals surface area contributed by atoms with Crippen LogP contribution in [0.25, 0.3) is 0 Å². The normalized spacial score (nSPS) is 9.93. The number of benzene rings is 1. The largest absolute Gasteiger partial charge is 0.397 e. The Morgan fingerprint density at radius 1 is 1.13 bits per heavy atom. The maximum Gasteiger partial charge on any atom is 0.130 e. The van der Waals surface area contributed by atoms with Crippen LogP contribution < -0.4 is 11.1 Å². The quantitative estimate of drug-likeness (QED) is 0.764. The number of hydrogen-bond acceptors (Lipinski definition) is 3. The summed E-state index contributed by atoms with van der Waals surface area (Å²) in [6, 6.07) is 11.0.